The second-order valence-corrected chi connectivity index (χ2v) is 4.68. The Morgan fingerprint density at radius 1 is 1.25 bits per heavy atom. The number of halogens is 3. The van der Waals surface area contributed by atoms with Crippen LogP contribution in [0.1, 0.15) is 15.9 Å². The van der Waals surface area contributed by atoms with Crippen molar-refractivity contribution in [3.8, 4) is 0 Å². The topological polar surface area (TPSA) is 55.1 Å². The highest BCUT2D eigenvalue weighted by Crippen LogP contribution is 2.27. The number of benzene rings is 2. The molecule has 0 spiro atoms. The molecule has 6 heteroatoms. The predicted molar refractivity (Wildman–Crippen MR) is 74.9 cm³/mol. The van der Waals surface area contributed by atoms with Crippen molar-refractivity contribution in [2.75, 3.05) is 11.1 Å². The fourth-order valence-corrected chi connectivity index (χ4v) is 1.91. The summed E-state index contributed by atoms with van der Waals surface area (Å²) in [5.74, 6) is -2.30. The molecule has 104 valence electrons. The van der Waals surface area contributed by atoms with Gasteiger partial charge in [-0.15, -0.1) is 0 Å². The predicted octanol–water partition coefficient (Wildman–Crippen LogP) is 3.76. The molecule has 0 fully saturated rings. The van der Waals surface area contributed by atoms with Gasteiger partial charge in [-0.3, -0.25) is 4.79 Å². The van der Waals surface area contributed by atoms with Crippen LogP contribution in [0.3, 0.4) is 0 Å². The number of hydrogen-bond donors (Lipinski definition) is 2. The lowest BCUT2D eigenvalue weighted by Crippen LogP contribution is -2.14. The molecule has 0 aliphatic rings. The third-order valence-electron chi connectivity index (χ3n) is 2.78. The van der Waals surface area contributed by atoms with E-state index in [2.05, 4.69) is 5.32 Å². The van der Waals surface area contributed by atoms with E-state index >= 15 is 0 Å². The molecule has 0 saturated carbocycles. The van der Waals surface area contributed by atoms with Crippen molar-refractivity contribution in [3.63, 3.8) is 0 Å². The van der Waals surface area contributed by atoms with Gasteiger partial charge in [0.25, 0.3) is 5.91 Å². The number of nitrogens with two attached hydrogens (primary N) is 1. The highest BCUT2D eigenvalue weighted by atomic mass is 35.5. The van der Waals surface area contributed by atoms with Crippen LogP contribution in [0.2, 0.25) is 5.02 Å². The summed E-state index contributed by atoms with van der Waals surface area (Å²) in [5.41, 5.74) is 6.97. The van der Waals surface area contributed by atoms with E-state index in [0.29, 0.717) is 17.3 Å². The summed E-state index contributed by atoms with van der Waals surface area (Å²) in [6.45, 7) is 1.75. The summed E-state index contributed by atoms with van der Waals surface area (Å²) in [7, 11) is 0. The molecule has 0 radical (unpaired) electrons. The van der Waals surface area contributed by atoms with E-state index in [1.165, 1.54) is 6.07 Å². The third kappa shape index (κ3) is 2.88. The zero-order valence-electron chi connectivity index (χ0n) is 10.5. The van der Waals surface area contributed by atoms with Crippen molar-refractivity contribution in [3.05, 3.63) is 58.1 Å². The van der Waals surface area contributed by atoms with Gasteiger partial charge in [0.2, 0.25) is 0 Å². The number of carbonyl (C=O) groups is 1. The van der Waals surface area contributed by atoms with Gasteiger partial charge < -0.3 is 11.1 Å². The fourth-order valence-electron chi connectivity index (χ4n) is 1.66. The van der Waals surface area contributed by atoms with Crippen LogP contribution in [-0.4, -0.2) is 5.91 Å². The SMILES string of the molecule is Cc1cc(C(=O)Nc2c(F)cc(F)cc2Cl)ccc1N. The van der Waals surface area contributed by atoms with E-state index in [4.69, 9.17) is 17.3 Å². The first kappa shape index (κ1) is 14.3. The molecule has 3 N–H and O–H groups in total. The molecule has 20 heavy (non-hydrogen) atoms. The normalized spacial score (nSPS) is 10.4. The largest absolute Gasteiger partial charge is 0.399 e. The van der Waals surface area contributed by atoms with E-state index < -0.39 is 17.5 Å². The van der Waals surface area contributed by atoms with Gasteiger partial charge in [0.05, 0.1) is 10.7 Å². The molecule has 2 rings (SSSR count). The molecule has 0 aliphatic heterocycles. The van der Waals surface area contributed by atoms with Gasteiger partial charge in [0.1, 0.15) is 5.82 Å². The number of nitrogen functional groups attached to an aromatic ring is 1. The lowest BCUT2D eigenvalue weighted by atomic mass is 10.1. The van der Waals surface area contributed by atoms with E-state index in [1.54, 1.807) is 19.1 Å². The Labute approximate surface area is 119 Å². The van der Waals surface area contributed by atoms with Gasteiger partial charge >= 0.3 is 0 Å². The van der Waals surface area contributed by atoms with Gasteiger partial charge in [-0.1, -0.05) is 11.6 Å². The van der Waals surface area contributed by atoms with Crippen LogP contribution in [0.25, 0.3) is 0 Å². The van der Waals surface area contributed by atoms with Crippen molar-refractivity contribution >= 4 is 28.9 Å². The van der Waals surface area contributed by atoms with Crippen LogP contribution >= 0.6 is 11.6 Å². The molecule has 2 aromatic carbocycles. The quantitative estimate of drug-likeness (QED) is 0.829. The number of carbonyl (C=O) groups excluding carboxylic acids is 1. The van der Waals surface area contributed by atoms with Crippen LogP contribution in [0, 0.1) is 18.6 Å². The molecular formula is C14H11ClF2N2O. The summed E-state index contributed by atoms with van der Waals surface area (Å²) >= 11 is 5.71. The summed E-state index contributed by atoms with van der Waals surface area (Å²) in [6, 6.07) is 6.23. The lowest BCUT2D eigenvalue weighted by molar-refractivity contribution is 0.102. The van der Waals surface area contributed by atoms with Gasteiger partial charge in [0, 0.05) is 17.3 Å². The molecule has 1 amide bonds. The van der Waals surface area contributed by atoms with E-state index in [9.17, 15) is 13.6 Å². The van der Waals surface area contributed by atoms with Crippen LogP contribution < -0.4 is 11.1 Å². The van der Waals surface area contributed by atoms with E-state index in [1.807, 2.05) is 0 Å². The molecule has 0 aliphatic carbocycles. The Hall–Kier alpha value is -2.14. The van der Waals surface area contributed by atoms with Crippen LogP contribution in [0.4, 0.5) is 20.2 Å². The van der Waals surface area contributed by atoms with Crippen molar-refractivity contribution in [1.82, 2.24) is 0 Å². The maximum Gasteiger partial charge on any atom is 0.255 e. The number of hydrogen-bond acceptors (Lipinski definition) is 2. The molecule has 3 nitrogen and oxygen atoms in total. The maximum absolute atomic E-state index is 13.6. The second kappa shape index (κ2) is 5.46. The number of nitrogens with one attached hydrogen (secondary N) is 1. The van der Waals surface area contributed by atoms with Crippen LogP contribution in [0.15, 0.2) is 30.3 Å². The summed E-state index contributed by atoms with van der Waals surface area (Å²) < 4.78 is 26.5. The number of rotatable bonds is 2. The summed E-state index contributed by atoms with van der Waals surface area (Å²) in [5, 5.41) is 2.11. The Morgan fingerprint density at radius 3 is 2.55 bits per heavy atom. The van der Waals surface area contributed by atoms with E-state index in [0.717, 1.165) is 11.6 Å². The maximum atomic E-state index is 13.6. The number of amides is 1. The zero-order valence-corrected chi connectivity index (χ0v) is 11.3. The van der Waals surface area contributed by atoms with Gasteiger partial charge in [-0.05, 0) is 36.8 Å². The van der Waals surface area contributed by atoms with Crippen molar-refractivity contribution in [2.24, 2.45) is 0 Å². The molecule has 0 aromatic heterocycles. The van der Waals surface area contributed by atoms with Gasteiger partial charge in [-0.2, -0.15) is 0 Å². The van der Waals surface area contributed by atoms with Gasteiger partial charge in [-0.25, -0.2) is 8.78 Å². The van der Waals surface area contributed by atoms with E-state index in [-0.39, 0.29) is 10.7 Å². The number of anilines is 2. The summed E-state index contributed by atoms with van der Waals surface area (Å²) in [4.78, 5) is 12.0. The Bertz CT molecular complexity index is 666. The Kier molecular flexibility index (Phi) is 3.90. The van der Waals surface area contributed by atoms with Crippen molar-refractivity contribution in [2.45, 2.75) is 6.92 Å². The molecular weight excluding hydrogens is 286 g/mol. The van der Waals surface area contributed by atoms with Crippen LogP contribution in [-0.2, 0) is 0 Å². The molecule has 0 atom stereocenters. The Balaban J connectivity index is 2.30. The average molecular weight is 297 g/mol. The minimum atomic E-state index is -0.935. The first-order valence-electron chi connectivity index (χ1n) is 5.70. The molecule has 2 aromatic rings. The average Bonchev–Trinajstić information content (AvgIpc) is 2.36. The molecule has 0 unspecified atom stereocenters. The highest BCUT2D eigenvalue weighted by Gasteiger charge is 2.14. The van der Waals surface area contributed by atoms with Gasteiger partial charge in [0.15, 0.2) is 5.82 Å². The van der Waals surface area contributed by atoms with Crippen LogP contribution in [0.5, 0.6) is 0 Å². The summed E-state index contributed by atoms with van der Waals surface area (Å²) in [6.07, 6.45) is 0. The Morgan fingerprint density at radius 2 is 1.95 bits per heavy atom. The number of aryl methyl sites for hydroxylation is 1. The van der Waals surface area contributed by atoms with Crippen molar-refractivity contribution in [1.29, 1.82) is 0 Å². The minimum Gasteiger partial charge on any atom is -0.399 e. The second-order valence-electron chi connectivity index (χ2n) is 4.27. The molecule has 0 bridgehead atoms. The first-order valence-corrected chi connectivity index (χ1v) is 6.08. The lowest BCUT2D eigenvalue weighted by Gasteiger charge is -2.09. The highest BCUT2D eigenvalue weighted by molar-refractivity contribution is 6.34. The first-order chi connectivity index (χ1) is 9.38. The fraction of sp³-hybridized carbons (Fsp3) is 0.0714. The zero-order chi connectivity index (χ0) is 14.9. The smallest absolute Gasteiger partial charge is 0.255 e. The molecule has 0 heterocycles. The monoisotopic (exact) mass is 296 g/mol. The minimum absolute atomic E-state index is 0.206. The standard InChI is InChI=1S/C14H11ClF2N2O/c1-7-4-8(2-3-12(7)18)14(20)19-13-10(15)5-9(16)6-11(13)17/h2-6H,18H2,1H3,(H,19,20). The molecule has 0 saturated heterocycles. The van der Waals surface area contributed by atoms with Crippen molar-refractivity contribution < 1.29 is 13.6 Å². The third-order valence-corrected chi connectivity index (χ3v) is 3.08.